The number of fused-ring (bicyclic) bond motifs is 2. The van der Waals surface area contributed by atoms with E-state index in [0.717, 1.165) is 10.9 Å². The summed E-state index contributed by atoms with van der Waals surface area (Å²) >= 11 is 0. The molecule has 0 radical (unpaired) electrons. The van der Waals surface area contributed by atoms with Gasteiger partial charge in [0.05, 0.1) is 22.0 Å². The number of pyridine rings is 2. The van der Waals surface area contributed by atoms with E-state index in [1.165, 1.54) is 10.8 Å². The van der Waals surface area contributed by atoms with E-state index in [2.05, 4.69) is 4.98 Å². The van der Waals surface area contributed by atoms with Crippen molar-refractivity contribution in [3.63, 3.8) is 0 Å². The van der Waals surface area contributed by atoms with Crippen LogP contribution in [0.2, 0.25) is 0 Å². The van der Waals surface area contributed by atoms with E-state index in [9.17, 15) is 9.59 Å². The average Bonchev–Trinajstić information content (AvgIpc) is 2.41. The minimum absolute atomic E-state index is 0.196. The van der Waals surface area contributed by atoms with Crippen molar-refractivity contribution < 1.29 is 4.79 Å². The molecule has 2 aromatic heterocycles. The van der Waals surface area contributed by atoms with Crippen LogP contribution in [0, 0.1) is 0 Å². The Kier molecular flexibility index (Phi) is 2.35. The molecule has 0 saturated carbocycles. The number of nitrogens with two attached hydrogens (primary N) is 1. The number of nitrogens with zero attached hydrogens (tertiary/aromatic N) is 2. The Morgan fingerprint density at radius 3 is 2.79 bits per heavy atom. The fourth-order valence-corrected chi connectivity index (χ4v) is 2.17. The van der Waals surface area contributed by atoms with Gasteiger partial charge in [0, 0.05) is 18.6 Å². The summed E-state index contributed by atoms with van der Waals surface area (Å²) in [6, 6.07) is 9.17. The fourth-order valence-electron chi connectivity index (χ4n) is 2.17. The first-order valence-corrected chi connectivity index (χ1v) is 5.77. The van der Waals surface area contributed by atoms with Gasteiger partial charge in [-0.15, -0.1) is 0 Å². The fraction of sp³-hybridized carbons (Fsp3) is 0.0714. The summed E-state index contributed by atoms with van der Waals surface area (Å²) in [6.07, 6.45) is 1.43. The summed E-state index contributed by atoms with van der Waals surface area (Å²) < 4.78 is 1.35. The van der Waals surface area contributed by atoms with E-state index in [0.29, 0.717) is 10.9 Å². The summed E-state index contributed by atoms with van der Waals surface area (Å²) in [7, 11) is 1.59. The maximum Gasteiger partial charge on any atom is 0.259 e. The van der Waals surface area contributed by atoms with E-state index >= 15 is 0 Å². The second-order valence-corrected chi connectivity index (χ2v) is 4.40. The first kappa shape index (κ1) is 11.4. The predicted octanol–water partition coefficient (Wildman–Crippen LogP) is 1.19. The highest BCUT2D eigenvalue weighted by Gasteiger charge is 2.13. The van der Waals surface area contributed by atoms with Crippen LogP contribution in [0.15, 0.2) is 41.3 Å². The van der Waals surface area contributed by atoms with Crippen LogP contribution in [0.4, 0.5) is 0 Å². The number of primary amides is 1. The highest BCUT2D eigenvalue weighted by molar-refractivity contribution is 6.06. The number of para-hydroxylation sites is 1. The van der Waals surface area contributed by atoms with Crippen molar-refractivity contribution in [1.29, 1.82) is 0 Å². The molecule has 2 heterocycles. The standard InChI is InChI=1S/C14H11N3O2/c1-17-7-10(13(15)18)12-9(14(17)19)6-8-4-2-3-5-11(8)16-12/h2-7H,1H3,(H2,15,18). The third-order valence-electron chi connectivity index (χ3n) is 3.12. The Morgan fingerprint density at radius 1 is 1.32 bits per heavy atom. The molecule has 0 bridgehead atoms. The minimum Gasteiger partial charge on any atom is -0.365 e. The summed E-state index contributed by atoms with van der Waals surface area (Å²) in [4.78, 5) is 28.0. The van der Waals surface area contributed by atoms with E-state index in [1.807, 2.05) is 24.3 Å². The number of hydrogen-bond acceptors (Lipinski definition) is 3. The third kappa shape index (κ3) is 1.67. The van der Waals surface area contributed by atoms with Gasteiger partial charge in [-0.1, -0.05) is 18.2 Å². The summed E-state index contributed by atoms with van der Waals surface area (Å²) in [5.74, 6) is -0.594. The molecule has 2 N–H and O–H groups in total. The largest absolute Gasteiger partial charge is 0.365 e. The van der Waals surface area contributed by atoms with Gasteiger partial charge in [-0.2, -0.15) is 0 Å². The number of carbonyl (C=O) groups is 1. The lowest BCUT2D eigenvalue weighted by Crippen LogP contribution is -2.22. The lowest BCUT2D eigenvalue weighted by Gasteiger charge is -2.07. The Hall–Kier alpha value is -2.69. The molecule has 0 aliphatic rings. The van der Waals surface area contributed by atoms with Crippen LogP contribution in [0.25, 0.3) is 21.8 Å². The molecule has 0 saturated heterocycles. The number of aryl methyl sites for hydroxylation is 1. The maximum absolute atomic E-state index is 12.1. The molecule has 5 heteroatoms. The number of amides is 1. The highest BCUT2D eigenvalue weighted by atomic mass is 16.1. The van der Waals surface area contributed by atoms with E-state index < -0.39 is 5.91 Å². The number of hydrogen-bond donors (Lipinski definition) is 1. The minimum atomic E-state index is -0.594. The molecule has 1 amide bonds. The Labute approximate surface area is 108 Å². The van der Waals surface area contributed by atoms with Gasteiger partial charge >= 0.3 is 0 Å². The SMILES string of the molecule is Cn1cc(C(N)=O)c2nc3ccccc3cc2c1=O. The average molecular weight is 253 g/mol. The Bertz CT molecular complexity index is 881. The van der Waals surface area contributed by atoms with Crippen molar-refractivity contribution in [2.75, 3.05) is 0 Å². The molecular formula is C14H11N3O2. The molecule has 5 nitrogen and oxygen atoms in total. The molecule has 0 unspecified atom stereocenters. The summed E-state index contributed by atoms with van der Waals surface area (Å²) in [5.41, 5.74) is 6.49. The van der Waals surface area contributed by atoms with Gasteiger partial charge in [0.15, 0.2) is 0 Å². The number of aromatic nitrogens is 2. The van der Waals surface area contributed by atoms with Crippen LogP contribution in [0.5, 0.6) is 0 Å². The monoisotopic (exact) mass is 253 g/mol. The molecule has 0 aliphatic carbocycles. The van der Waals surface area contributed by atoms with Crippen LogP contribution in [0.3, 0.4) is 0 Å². The first-order valence-electron chi connectivity index (χ1n) is 5.77. The van der Waals surface area contributed by atoms with E-state index in [1.54, 1.807) is 13.1 Å². The lowest BCUT2D eigenvalue weighted by atomic mass is 10.1. The third-order valence-corrected chi connectivity index (χ3v) is 3.12. The van der Waals surface area contributed by atoms with Gasteiger partial charge in [-0.3, -0.25) is 9.59 Å². The molecule has 3 aromatic rings. The first-order chi connectivity index (χ1) is 9.08. The molecule has 0 fully saturated rings. The number of rotatable bonds is 1. The van der Waals surface area contributed by atoms with Crippen LogP contribution in [-0.2, 0) is 7.05 Å². The van der Waals surface area contributed by atoms with Gasteiger partial charge in [-0.05, 0) is 12.1 Å². The Morgan fingerprint density at radius 2 is 2.05 bits per heavy atom. The molecule has 19 heavy (non-hydrogen) atoms. The summed E-state index contributed by atoms with van der Waals surface area (Å²) in [6.45, 7) is 0. The molecule has 0 aliphatic heterocycles. The van der Waals surface area contributed by atoms with Gasteiger partial charge < -0.3 is 10.3 Å². The molecule has 3 rings (SSSR count). The zero-order valence-corrected chi connectivity index (χ0v) is 10.3. The maximum atomic E-state index is 12.1. The van der Waals surface area contributed by atoms with Gasteiger partial charge in [0.25, 0.3) is 11.5 Å². The normalized spacial score (nSPS) is 11.0. The topological polar surface area (TPSA) is 78.0 Å². The molecule has 1 aromatic carbocycles. The quantitative estimate of drug-likeness (QED) is 0.661. The van der Waals surface area contributed by atoms with Crippen molar-refractivity contribution >= 4 is 27.7 Å². The zero-order chi connectivity index (χ0) is 13.6. The van der Waals surface area contributed by atoms with Crippen molar-refractivity contribution in [3.8, 4) is 0 Å². The van der Waals surface area contributed by atoms with Crippen molar-refractivity contribution in [1.82, 2.24) is 9.55 Å². The second kappa shape index (κ2) is 3.91. The highest BCUT2D eigenvalue weighted by Crippen LogP contribution is 2.19. The second-order valence-electron chi connectivity index (χ2n) is 4.40. The number of benzene rings is 1. The lowest BCUT2D eigenvalue weighted by molar-refractivity contribution is 0.100. The summed E-state index contributed by atoms with van der Waals surface area (Å²) in [5, 5.41) is 1.26. The molecular weight excluding hydrogens is 242 g/mol. The van der Waals surface area contributed by atoms with Crippen molar-refractivity contribution in [3.05, 3.63) is 52.4 Å². The van der Waals surface area contributed by atoms with Crippen molar-refractivity contribution in [2.24, 2.45) is 12.8 Å². The number of carbonyl (C=O) groups excluding carboxylic acids is 1. The van der Waals surface area contributed by atoms with E-state index in [-0.39, 0.29) is 11.1 Å². The molecule has 0 atom stereocenters. The Balaban J connectivity index is 2.59. The van der Waals surface area contributed by atoms with Crippen LogP contribution in [-0.4, -0.2) is 15.5 Å². The predicted molar refractivity (Wildman–Crippen MR) is 73.0 cm³/mol. The smallest absolute Gasteiger partial charge is 0.259 e. The zero-order valence-electron chi connectivity index (χ0n) is 10.3. The van der Waals surface area contributed by atoms with Crippen LogP contribution < -0.4 is 11.3 Å². The van der Waals surface area contributed by atoms with Crippen LogP contribution in [0.1, 0.15) is 10.4 Å². The van der Waals surface area contributed by atoms with Crippen LogP contribution >= 0.6 is 0 Å². The van der Waals surface area contributed by atoms with Crippen molar-refractivity contribution in [2.45, 2.75) is 0 Å². The van der Waals surface area contributed by atoms with Gasteiger partial charge in [0.2, 0.25) is 0 Å². The van der Waals surface area contributed by atoms with Gasteiger partial charge in [0.1, 0.15) is 0 Å². The van der Waals surface area contributed by atoms with E-state index in [4.69, 9.17) is 5.73 Å². The molecule has 94 valence electrons. The molecule has 0 spiro atoms. The van der Waals surface area contributed by atoms with Gasteiger partial charge in [-0.25, -0.2) is 4.98 Å².